The third-order valence-electron chi connectivity index (χ3n) is 0.938. The molecule has 0 aliphatic heterocycles. The van der Waals surface area contributed by atoms with Crippen molar-refractivity contribution in [2.24, 2.45) is 0 Å². The van der Waals surface area contributed by atoms with Crippen molar-refractivity contribution in [2.45, 2.75) is 5.03 Å². The van der Waals surface area contributed by atoms with Crippen LogP contribution in [0, 0.1) is 0 Å². The Kier molecular flexibility index (Phi) is 1.98. The van der Waals surface area contributed by atoms with Crippen molar-refractivity contribution >= 4 is 16.8 Å². The molecule has 5 heteroatoms. The van der Waals surface area contributed by atoms with Crippen LogP contribution >= 0.6 is 0 Å². The van der Waals surface area contributed by atoms with Crippen molar-refractivity contribution in [3.05, 3.63) is 18.3 Å². The molecule has 1 unspecified atom stereocenters. The Morgan fingerprint density at radius 1 is 1.60 bits per heavy atom. The number of nitrogens with two attached hydrogens (primary N) is 1. The molecule has 1 heterocycles. The number of pyridine rings is 1. The van der Waals surface area contributed by atoms with Crippen LogP contribution in [-0.2, 0) is 11.1 Å². The van der Waals surface area contributed by atoms with E-state index in [2.05, 4.69) is 4.98 Å². The van der Waals surface area contributed by atoms with Gasteiger partial charge < -0.3 is 10.3 Å². The summed E-state index contributed by atoms with van der Waals surface area (Å²) in [4.78, 5) is 3.60. The lowest BCUT2D eigenvalue weighted by molar-refractivity contribution is 0.560. The Labute approximate surface area is 60.4 Å². The zero-order valence-corrected chi connectivity index (χ0v) is 5.84. The predicted molar refractivity (Wildman–Crippen MR) is 37.7 cm³/mol. The summed E-state index contributed by atoms with van der Waals surface area (Å²) in [6, 6.07) is 2.93. The van der Waals surface area contributed by atoms with Crippen LogP contribution in [-0.4, -0.2) is 13.7 Å². The maximum atomic E-state index is 10.3. The van der Waals surface area contributed by atoms with Crippen molar-refractivity contribution in [3.63, 3.8) is 0 Å². The molecule has 3 N–H and O–H groups in total. The Bertz CT molecular complexity index is 246. The fraction of sp³-hybridized carbons (Fsp3) is 0. The van der Waals surface area contributed by atoms with E-state index in [-0.39, 0.29) is 5.03 Å². The molecule has 0 aliphatic carbocycles. The molecule has 0 radical (unpaired) electrons. The molecule has 1 aromatic rings. The summed E-state index contributed by atoms with van der Waals surface area (Å²) in [7, 11) is 0. The quantitative estimate of drug-likeness (QED) is 0.574. The van der Waals surface area contributed by atoms with Crippen LogP contribution in [0.1, 0.15) is 0 Å². The molecule has 54 valence electrons. The maximum absolute atomic E-state index is 10.3. The predicted octanol–water partition coefficient (Wildman–Crippen LogP) is 0.244. The molecule has 0 spiro atoms. The monoisotopic (exact) mass is 158 g/mol. The maximum Gasteiger partial charge on any atom is 0.205 e. The van der Waals surface area contributed by atoms with E-state index in [1.54, 1.807) is 0 Å². The molecule has 0 fully saturated rings. The molecule has 10 heavy (non-hydrogen) atoms. The molecular formula is C5H6N2O2S. The number of rotatable bonds is 1. The van der Waals surface area contributed by atoms with Crippen LogP contribution < -0.4 is 5.73 Å². The van der Waals surface area contributed by atoms with Gasteiger partial charge in [0.25, 0.3) is 0 Å². The van der Waals surface area contributed by atoms with Gasteiger partial charge in [0.15, 0.2) is 5.03 Å². The number of hydrogen-bond acceptors (Lipinski definition) is 3. The van der Waals surface area contributed by atoms with Gasteiger partial charge in [-0.3, -0.25) is 0 Å². The van der Waals surface area contributed by atoms with Crippen LogP contribution in [0.15, 0.2) is 23.4 Å². The number of nitrogens with zero attached hydrogens (tertiary/aromatic N) is 1. The van der Waals surface area contributed by atoms with E-state index in [1.165, 1.54) is 18.3 Å². The second kappa shape index (κ2) is 2.76. The summed E-state index contributed by atoms with van der Waals surface area (Å²) in [5.41, 5.74) is 5.76. The summed E-state index contributed by atoms with van der Waals surface area (Å²) in [6.45, 7) is 0. The Morgan fingerprint density at radius 3 is 2.70 bits per heavy atom. The second-order valence-electron chi connectivity index (χ2n) is 1.68. The molecule has 1 aromatic heterocycles. The minimum atomic E-state index is -2.00. The molecule has 0 bridgehead atoms. The highest BCUT2D eigenvalue weighted by molar-refractivity contribution is 7.79. The van der Waals surface area contributed by atoms with Gasteiger partial charge in [0.2, 0.25) is 11.1 Å². The average molecular weight is 158 g/mol. The van der Waals surface area contributed by atoms with E-state index >= 15 is 0 Å². The van der Waals surface area contributed by atoms with Crippen molar-refractivity contribution in [2.75, 3.05) is 5.73 Å². The lowest BCUT2D eigenvalue weighted by atomic mass is 10.4. The molecule has 0 aromatic carbocycles. The molecule has 1 rings (SSSR count). The number of aromatic nitrogens is 1. The Hall–Kier alpha value is -0.940. The van der Waals surface area contributed by atoms with Crippen LogP contribution in [0.3, 0.4) is 0 Å². The fourth-order valence-corrected chi connectivity index (χ4v) is 0.822. The molecule has 0 aliphatic rings. The van der Waals surface area contributed by atoms with Crippen LogP contribution in [0.5, 0.6) is 0 Å². The lowest BCUT2D eigenvalue weighted by Gasteiger charge is -1.92. The van der Waals surface area contributed by atoms with Crippen molar-refractivity contribution in [1.29, 1.82) is 0 Å². The first kappa shape index (κ1) is 7.17. The van der Waals surface area contributed by atoms with E-state index in [0.29, 0.717) is 5.69 Å². The zero-order chi connectivity index (χ0) is 7.56. The highest BCUT2D eigenvalue weighted by Gasteiger charge is 1.98. The van der Waals surface area contributed by atoms with Gasteiger partial charge in [-0.25, -0.2) is 9.19 Å². The standard InChI is InChI=1S/C5H6N2O2S/c6-4-1-2-5(7-3-4)10(8)9/h1-3H,6H2,(H,8,9). The summed E-state index contributed by atoms with van der Waals surface area (Å²) in [5, 5.41) is 0.120. The number of nitrogen functional groups attached to an aromatic ring is 1. The molecule has 1 atom stereocenters. The first-order valence-electron chi connectivity index (χ1n) is 2.52. The van der Waals surface area contributed by atoms with Crippen molar-refractivity contribution in [1.82, 2.24) is 4.98 Å². The highest BCUT2D eigenvalue weighted by atomic mass is 32.2. The second-order valence-corrected chi connectivity index (χ2v) is 2.60. The average Bonchev–Trinajstić information content (AvgIpc) is 1.88. The van der Waals surface area contributed by atoms with Crippen molar-refractivity contribution < 1.29 is 8.76 Å². The largest absolute Gasteiger partial charge is 0.397 e. The molecule has 0 saturated carbocycles. The van der Waals surface area contributed by atoms with Gasteiger partial charge in [0.1, 0.15) is 0 Å². The molecular weight excluding hydrogens is 152 g/mol. The van der Waals surface area contributed by atoms with E-state index in [1.807, 2.05) is 0 Å². The van der Waals surface area contributed by atoms with Gasteiger partial charge in [0.05, 0.1) is 11.9 Å². The third-order valence-corrected chi connectivity index (χ3v) is 1.54. The van der Waals surface area contributed by atoms with Crippen LogP contribution in [0.25, 0.3) is 0 Å². The van der Waals surface area contributed by atoms with Gasteiger partial charge in [-0.15, -0.1) is 0 Å². The van der Waals surface area contributed by atoms with Gasteiger partial charge in [0, 0.05) is 0 Å². The molecule has 0 amide bonds. The first-order valence-corrected chi connectivity index (χ1v) is 3.63. The minimum Gasteiger partial charge on any atom is -0.397 e. The van der Waals surface area contributed by atoms with Gasteiger partial charge >= 0.3 is 0 Å². The fourth-order valence-electron chi connectivity index (χ4n) is 0.495. The summed E-state index contributed by atoms with van der Waals surface area (Å²) in [6.07, 6.45) is 1.34. The van der Waals surface area contributed by atoms with Gasteiger partial charge in [-0.1, -0.05) is 0 Å². The third kappa shape index (κ3) is 1.52. The van der Waals surface area contributed by atoms with Crippen LogP contribution in [0.2, 0.25) is 0 Å². The topological polar surface area (TPSA) is 76.2 Å². The normalized spacial score (nSPS) is 12.9. The van der Waals surface area contributed by atoms with Gasteiger partial charge in [-0.2, -0.15) is 0 Å². The smallest absolute Gasteiger partial charge is 0.205 e. The number of anilines is 1. The lowest BCUT2D eigenvalue weighted by Crippen LogP contribution is -1.93. The minimum absolute atomic E-state index is 0.120. The molecule has 0 saturated heterocycles. The Balaban J connectivity index is 3.00. The Morgan fingerprint density at radius 2 is 2.30 bits per heavy atom. The van der Waals surface area contributed by atoms with Crippen molar-refractivity contribution in [3.8, 4) is 0 Å². The number of hydrogen-bond donors (Lipinski definition) is 2. The highest BCUT2D eigenvalue weighted by Crippen LogP contribution is 2.02. The summed E-state index contributed by atoms with van der Waals surface area (Å²) < 4.78 is 18.8. The summed E-state index contributed by atoms with van der Waals surface area (Å²) in [5.74, 6) is 0. The van der Waals surface area contributed by atoms with E-state index in [0.717, 1.165) is 0 Å². The SMILES string of the molecule is Nc1ccc(S(=O)O)nc1. The zero-order valence-electron chi connectivity index (χ0n) is 5.02. The van der Waals surface area contributed by atoms with Gasteiger partial charge in [-0.05, 0) is 12.1 Å². The van der Waals surface area contributed by atoms with E-state index < -0.39 is 11.1 Å². The van der Waals surface area contributed by atoms with E-state index in [9.17, 15) is 4.21 Å². The summed E-state index contributed by atoms with van der Waals surface area (Å²) >= 11 is -2.00. The van der Waals surface area contributed by atoms with E-state index in [4.69, 9.17) is 10.3 Å². The van der Waals surface area contributed by atoms with Crippen LogP contribution in [0.4, 0.5) is 5.69 Å². The molecule has 4 nitrogen and oxygen atoms in total. The first-order chi connectivity index (χ1) is 4.70.